The number of carbonyl (C=O) groups is 3. The van der Waals surface area contributed by atoms with Gasteiger partial charge in [0, 0.05) is 11.7 Å². The van der Waals surface area contributed by atoms with Gasteiger partial charge < -0.3 is 15.4 Å². The highest BCUT2D eigenvalue weighted by molar-refractivity contribution is 6.11. The van der Waals surface area contributed by atoms with E-state index in [1.165, 1.54) is 23.1 Å². The van der Waals surface area contributed by atoms with Crippen molar-refractivity contribution in [1.82, 2.24) is 5.32 Å². The third-order valence-corrected chi connectivity index (χ3v) is 7.96. The van der Waals surface area contributed by atoms with Crippen LogP contribution < -0.4 is 15.5 Å². The van der Waals surface area contributed by atoms with Crippen LogP contribution in [-0.2, 0) is 19.1 Å². The molecule has 6 rings (SSSR count). The van der Waals surface area contributed by atoms with Crippen LogP contribution in [0.3, 0.4) is 0 Å². The standard InChI is InChI=1S/C28H28FN3O4/c1-16-10-12-18(13-11-16)30-25(33)22-21-14-15-28(36-21)23(22)27(35)32(20-9-5-4-8-19(20)29)24(28)26(34)31-17-6-2-3-7-17/h4-5,8-15,17,21-24H,2-3,6-7H2,1H3,(H,30,33)(H,31,34)/t21-,22-,23-,24+,28-/m0/s1. The lowest BCUT2D eigenvalue weighted by Gasteiger charge is -2.33. The van der Waals surface area contributed by atoms with Crippen molar-refractivity contribution in [2.75, 3.05) is 10.2 Å². The van der Waals surface area contributed by atoms with E-state index in [-0.39, 0.29) is 23.5 Å². The van der Waals surface area contributed by atoms with Crippen molar-refractivity contribution in [2.45, 2.75) is 56.4 Å². The average Bonchev–Trinajstić information content (AvgIpc) is 3.63. The number of ether oxygens (including phenoxy) is 1. The number of hydrogen-bond donors (Lipinski definition) is 2. The second-order valence-electron chi connectivity index (χ2n) is 10.2. The molecule has 2 N–H and O–H groups in total. The topological polar surface area (TPSA) is 87.7 Å². The Morgan fingerprint density at radius 1 is 1.06 bits per heavy atom. The summed E-state index contributed by atoms with van der Waals surface area (Å²) in [6.45, 7) is 1.95. The highest BCUT2D eigenvalue weighted by atomic mass is 19.1. The van der Waals surface area contributed by atoms with Gasteiger partial charge in [-0.1, -0.05) is 54.8 Å². The van der Waals surface area contributed by atoms with E-state index in [0.29, 0.717) is 5.69 Å². The molecule has 1 spiro atoms. The molecule has 8 heteroatoms. The van der Waals surface area contributed by atoms with Gasteiger partial charge in [0.2, 0.25) is 17.7 Å². The Labute approximate surface area is 208 Å². The van der Waals surface area contributed by atoms with Crippen molar-refractivity contribution < 1.29 is 23.5 Å². The highest BCUT2D eigenvalue weighted by Crippen LogP contribution is 2.56. The van der Waals surface area contributed by atoms with Crippen LogP contribution in [-0.4, -0.2) is 41.5 Å². The molecular weight excluding hydrogens is 461 g/mol. The van der Waals surface area contributed by atoms with E-state index in [2.05, 4.69) is 10.6 Å². The molecule has 3 aliphatic heterocycles. The molecule has 7 nitrogen and oxygen atoms in total. The maximum atomic E-state index is 15.0. The Morgan fingerprint density at radius 3 is 2.50 bits per heavy atom. The van der Waals surface area contributed by atoms with E-state index in [9.17, 15) is 18.8 Å². The van der Waals surface area contributed by atoms with Crippen LogP contribution in [0.2, 0.25) is 0 Å². The molecule has 1 saturated carbocycles. The first kappa shape index (κ1) is 22.9. The van der Waals surface area contributed by atoms with Gasteiger partial charge in [0.1, 0.15) is 17.5 Å². The van der Waals surface area contributed by atoms with Gasteiger partial charge in [-0.05, 0) is 44.0 Å². The fourth-order valence-electron chi connectivity index (χ4n) is 6.29. The van der Waals surface area contributed by atoms with E-state index in [1.54, 1.807) is 30.4 Å². The van der Waals surface area contributed by atoms with Gasteiger partial charge in [0.05, 0.1) is 23.6 Å². The number of amides is 3. The Bertz CT molecular complexity index is 1260. The SMILES string of the molecule is Cc1ccc(NC(=O)[C@H]2[C@@H]3C=C[C@]4(O3)[C@@H]2C(=O)N(c2ccccc2F)[C@@H]4C(=O)NC2CCCC2)cc1. The van der Waals surface area contributed by atoms with Crippen LogP contribution in [0.15, 0.2) is 60.7 Å². The molecule has 36 heavy (non-hydrogen) atoms. The number of rotatable bonds is 5. The lowest BCUT2D eigenvalue weighted by atomic mass is 9.74. The average molecular weight is 490 g/mol. The number of fused-ring (bicyclic) bond motifs is 1. The molecular formula is C28H28FN3O4. The zero-order chi connectivity index (χ0) is 25.0. The molecule has 3 fully saturated rings. The number of nitrogens with one attached hydrogen (secondary N) is 2. The molecule has 186 valence electrons. The number of anilines is 2. The Kier molecular flexibility index (Phi) is 5.44. The predicted molar refractivity (Wildman–Crippen MR) is 132 cm³/mol. The van der Waals surface area contributed by atoms with Crippen molar-refractivity contribution in [3.8, 4) is 0 Å². The van der Waals surface area contributed by atoms with Crippen LogP contribution in [0.5, 0.6) is 0 Å². The molecule has 2 aromatic carbocycles. The maximum Gasteiger partial charge on any atom is 0.246 e. The summed E-state index contributed by atoms with van der Waals surface area (Å²) in [5, 5.41) is 5.97. The quantitative estimate of drug-likeness (QED) is 0.630. The third kappa shape index (κ3) is 3.46. The minimum Gasteiger partial charge on any atom is -0.359 e. The second kappa shape index (κ2) is 8.55. The second-order valence-corrected chi connectivity index (χ2v) is 10.2. The Balaban J connectivity index is 1.38. The van der Waals surface area contributed by atoms with E-state index in [0.717, 1.165) is 31.2 Å². The molecule has 0 unspecified atom stereocenters. The lowest BCUT2D eigenvalue weighted by Crippen LogP contribution is -2.56. The van der Waals surface area contributed by atoms with Gasteiger partial charge in [-0.2, -0.15) is 0 Å². The molecule has 3 heterocycles. The van der Waals surface area contributed by atoms with Crippen molar-refractivity contribution >= 4 is 29.1 Å². The molecule has 2 bridgehead atoms. The van der Waals surface area contributed by atoms with Gasteiger partial charge in [0.25, 0.3) is 0 Å². The van der Waals surface area contributed by atoms with Crippen molar-refractivity contribution in [3.63, 3.8) is 0 Å². The zero-order valence-electron chi connectivity index (χ0n) is 19.9. The lowest BCUT2D eigenvalue weighted by molar-refractivity contribution is -0.129. The first-order valence-electron chi connectivity index (χ1n) is 12.5. The zero-order valence-corrected chi connectivity index (χ0v) is 19.9. The first-order valence-corrected chi connectivity index (χ1v) is 12.5. The maximum absolute atomic E-state index is 15.0. The fourth-order valence-corrected chi connectivity index (χ4v) is 6.29. The predicted octanol–water partition coefficient (Wildman–Crippen LogP) is 3.49. The molecule has 1 aliphatic carbocycles. The summed E-state index contributed by atoms with van der Waals surface area (Å²) in [6, 6.07) is 12.2. The largest absolute Gasteiger partial charge is 0.359 e. The molecule has 2 saturated heterocycles. The number of para-hydroxylation sites is 1. The number of aryl methyl sites for hydroxylation is 1. The normalized spacial score (nSPS) is 30.6. The minimum absolute atomic E-state index is 0.00809. The van der Waals surface area contributed by atoms with E-state index < -0.39 is 41.3 Å². The monoisotopic (exact) mass is 489 g/mol. The summed E-state index contributed by atoms with van der Waals surface area (Å²) < 4.78 is 21.3. The number of carbonyl (C=O) groups excluding carboxylic acids is 3. The summed E-state index contributed by atoms with van der Waals surface area (Å²) in [6.07, 6.45) is 6.62. The minimum atomic E-state index is -1.35. The molecule has 5 atom stereocenters. The summed E-state index contributed by atoms with van der Waals surface area (Å²) in [5.74, 6) is -3.63. The van der Waals surface area contributed by atoms with Crippen molar-refractivity contribution in [2.24, 2.45) is 11.8 Å². The van der Waals surface area contributed by atoms with E-state index in [1.807, 2.05) is 19.1 Å². The number of hydrogen-bond acceptors (Lipinski definition) is 4. The highest BCUT2D eigenvalue weighted by Gasteiger charge is 2.73. The van der Waals surface area contributed by atoms with Gasteiger partial charge in [-0.3, -0.25) is 19.3 Å². The number of benzene rings is 2. The van der Waals surface area contributed by atoms with Crippen LogP contribution in [0.25, 0.3) is 0 Å². The van der Waals surface area contributed by atoms with Gasteiger partial charge in [0.15, 0.2) is 0 Å². The van der Waals surface area contributed by atoms with Crippen LogP contribution >= 0.6 is 0 Å². The number of nitrogens with zero attached hydrogens (tertiary/aromatic N) is 1. The van der Waals surface area contributed by atoms with Crippen molar-refractivity contribution in [3.05, 3.63) is 72.1 Å². The van der Waals surface area contributed by atoms with E-state index in [4.69, 9.17) is 4.74 Å². The summed E-state index contributed by atoms with van der Waals surface area (Å²) >= 11 is 0. The smallest absolute Gasteiger partial charge is 0.246 e. The third-order valence-electron chi connectivity index (χ3n) is 7.96. The van der Waals surface area contributed by atoms with Crippen LogP contribution in [0.1, 0.15) is 31.2 Å². The molecule has 2 aromatic rings. The van der Waals surface area contributed by atoms with Gasteiger partial charge >= 0.3 is 0 Å². The van der Waals surface area contributed by atoms with E-state index >= 15 is 0 Å². The van der Waals surface area contributed by atoms with Crippen LogP contribution in [0, 0.1) is 24.6 Å². The van der Waals surface area contributed by atoms with Crippen LogP contribution in [0.4, 0.5) is 15.8 Å². The van der Waals surface area contributed by atoms with Gasteiger partial charge in [-0.25, -0.2) is 4.39 Å². The molecule has 3 amide bonds. The van der Waals surface area contributed by atoms with Crippen molar-refractivity contribution in [1.29, 1.82) is 0 Å². The molecule has 4 aliphatic rings. The summed E-state index contributed by atoms with van der Waals surface area (Å²) in [5.41, 5.74) is 0.331. The van der Waals surface area contributed by atoms with Gasteiger partial charge in [-0.15, -0.1) is 0 Å². The Hall–Kier alpha value is -3.52. The number of halogens is 1. The summed E-state index contributed by atoms with van der Waals surface area (Å²) in [4.78, 5) is 42.4. The molecule has 0 aromatic heterocycles. The molecule has 0 radical (unpaired) electrons. The Morgan fingerprint density at radius 2 is 1.78 bits per heavy atom. The summed E-state index contributed by atoms with van der Waals surface area (Å²) in [7, 11) is 0. The first-order chi connectivity index (χ1) is 17.4. The fraction of sp³-hybridized carbons (Fsp3) is 0.393.